The number of unbranched alkanes of at least 4 members (excludes halogenated alkanes) is 4. The Balaban J connectivity index is 4.00. The molecule has 0 saturated heterocycles. The van der Waals surface area contributed by atoms with Gasteiger partial charge in [-0.25, -0.2) is 0 Å². The highest BCUT2D eigenvalue weighted by atomic mass is 35.8. The Hall–Kier alpha value is 1.21. The van der Waals surface area contributed by atoms with E-state index >= 15 is 0 Å². The van der Waals surface area contributed by atoms with Gasteiger partial charge in [-0.2, -0.15) is 39.5 Å². The summed E-state index contributed by atoms with van der Waals surface area (Å²) in [5, 5.41) is 0. The van der Waals surface area contributed by atoms with E-state index in [1.54, 1.807) is 0 Å². The van der Waals surface area contributed by atoms with E-state index in [-0.39, 0.29) is 6.61 Å². The first-order valence-corrected chi connectivity index (χ1v) is 20.1. The maximum atomic E-state index is 13.4. The zero-order valence-electron chi connectivity index (χ0n) is 17.9. The van der Waals surface area contributed by atoms with Crippen molar-refractivity contribution in [3.05, 3.63) is 0 Å². The lowest BCUT2D eigenvalue weighted by Crippen LogP contribution is -2.60. The van der Waals surface area contributed by atoms with Gasteiger partial charge in [0.2, 0.25) is 0 Å². The van der Waals surface area contributed by atoms with Gasteiger partial charge in [0, 0.05) is 19.6 Å². The summed E-state index contributed by atoms with van der Waals surface area (Å²) in [5.74, 6) is -19.0. The summed E-state index contributed by atoms with van der Waals surface area (Å²) in [7, 11) is 0. The fourth-order valence-electron chi connectivity index (χ4n) is 2.84. The minimum atomic E-state index is -6.86. The van der Waals surface area contributed by atoms with Crippen LogP contribution in [0.2, 0.25) is 18.1 Å². The molecule has 0 aromatic rings. The summed E-state index contributed by atoms with van der Waals surface area (Å²) in [5.41, 5.74) is 0. The molecule has 0 unspecified atom stereocenters. The predicted molar refractivity (Wildman–Crippen MR) is 124 cm³/mol. The highest BCUT2D eigenvalue weighted by Gasteiger charge is 2.81. The highest BCUT2D eigenvalue weighted by Crippen LogP contribution is 2.54. The number of ether oxygens (including phenoxy) is 1. The van der Waals surface area contributed by atoms with Crippen LogP contribution in [0.4, 0.5) is 39.5 Å². The Morgan fingerprint density at radius 3 is 1.47 bits per heavy atom. The van der Waals surface area contributed by atoms with Crippen molar-refractivity contribution in [3.8, 4) is 0 Å². The fraction of sp³-hybridized carbons (Fsp3) is 1.00. The zero-order valence-corrected chi connectivity index (χ0v) is 23.7. The van der Waals surface area contributed by atoms with Gasteiger partial charge in [-0.3, -0.25) is 0 Å². The van der Waals surface area contributed by atoms with Crippen LogP contribution < -0.4 is 0 Å². The molecule has 0 fully saturated rings. The highest BCUT2D eigenvalue weighted by molar-refractivity contribution is 7.64. The molecule has 0 aliphatic carbocycles. The lowest BCUT2D eigenvalue weighted by molar-refractivity contribution is -0.396. The number of alkyl halides is 9. The van der Waals surface area contributed by atoms with Gasteiger partial charge in [0.05, 0.1) is 0 Å². The second-order valence-electron chi connectivity index (χ2n) is 7.91. The van der Waals surface area contributed by atoms with E-state index in [2.05, 4.69) is 0 Å². The van der Waals surface area contributed by atoms with Crippen molar-refractivity contribution in [3.63, 3.8) is 0 Å². The van der Waals surface area contributed by atoms with E-state index in [1.165, 1.54) is 0 Å². The third-order valence-electron chi connectivity index (χ3n) is 4.82. The Bertz CT molecular complexity index is 591. The van der Waals surface area contributed by atoms with Crippen molar-refractivity contribution in [1.29, 1.82) is 0 Å². The average Bonchev–Trinajstić information content (AvgIpc) is 2.64. The molecule has 0 atom stereocenters. The van der Waals surface area contributed by atoms with E-state index < -0.39 is 56.1 Å². The molecule has 34 heavy (non-hydrogen) atoms. The van der Waals surface area contributed by atoms with Crippen LogP contribution in [0.5, 0.6) is 0 Å². The molecule has 0 rings (SSSR count). The van der Waals surface area contributed by atoms with Gasteiger partial charge in [-0.15, -0.1) is 55.4 Å². The summed E-state index contributed by atoms with van der Waals surface area (Å²) < 4.78 is 120. The Kier molecular flexibility index (Phi) is 14.9. The summed E-state index contributed by atoms with van der Waals surface area (Å²) in [6.07, 6.45) is -5.29. The van der Waals surface area contributed by atoms with Gasteiger partial charge in [0.25, 0.3) is 6.69 Å². The van der Waals surface area contributed by atoms with Crippen molar-refractivity contribution in [1.82, 2.24) is 0 Å². The standard InChI is InChI=1S/C17H26Cl5F9OSi2/c18-33(19,12-5-6-13-34(20,21)22)11-4-2-1-3-9-32-10-7-8-14(23,24)15(25,26)16(27,28)17(29,30)31/h1-13H2. The monoisotopic (exact) mass is 648 g/mol. The smallest absolute Gasteiger partial charge is 0.381 e. The van der Waals surface area contributed by atoms with E-state index in [1.807, 2.05) is 0 Å². The lowest BCUT2D eigenvalue weighted by atomic mass is 10.00. The van der Waals surface area contributed by atoms with Crippen LogP contribution in [0.3, 0.4) is 0 Å². The molecule has 0 bridgehead atoms. The molecule has 0 aromatic carbocycles. The largest absolute Gasteiger partial charge is 0.460 e. The van der Waals surface area contributed by atoms with Crippen LogP contribution in [-0.2, 0) is 4.74 Å². The Labute approximate surface area is 218 Å². The first kappa shape index (κ1) is 35.2. The van der Waals surface area contributed by atoms with E-state index in [4.69, 9.17) is 60.1 Å². The minimum Gasteiger partial charge on any atom is -0.381 e. The van der Waals surface area contributed by atoms with Crippen LogP contribution in [-0.4, -0.2) is 49.9 Å². The third kappa shape index (κ3) is 12.6. The van der Waals surface area contributed by atoms with Crippen LogP contribution in [0.15, 0.2) is 0 Å². The molecule has 0 amide bonds. The second kappa shape index (κ2) is 14.4. The maximum Gasteiger partial charge on any atom is 0.460 e. The number of hydrogen-bond acceptors (Lipinski definition) is 1. The maximum absolute atomic E-state index is 13.4. The van der Waals surface area contributed by atoms with Crippen molar-refractivity contribution in [2.75, 3.05) is 13.2 Å². The van der Waals surface area contributed by atoms with Crippen molar-refractivity contribution in [2.45, 2.75) is 93.4 Å². The predicted octanol–water partition coefficient (Wildman–Crippen LogP) is 10.2. The van der Waals surface area contributed by atoms with Gasteiger partial charge in [0.15, 0.2) is 0 Å². The SMILES string of the molecule is FC(F)(F)C(F)(F)C(F)(F)C(F)(F)CCCOCCCCCC[Si](Cl)(Cl)CCCC[Si](Cl)(Cl)Cl. The lowest BCUT2D eigenvalue weighted by Gasteiger charge is -2.33. The molecule has 0 N–H and O–H groups in total. The molecule has 0 aromatic heterocycles. The molecule has 0 saturated carbocycles. The summed E-state index contributed by atoms with van der Waals surface area (Å²) in [6.45, 7) is -2.80. The number of hydrogen-bond donors (Lipinski definition) is 0. The molecule has 0 spiro atoms. The molecule has 0 aliphatic rings. The number of halogens is 14. The fourth-order valence-corrected chi connectivity index (χ4v) is 8.08. The Morgan fingerprint density at radius 1 is 0.529 bits per heavy atom. The normalized spacial score (nSPS) is 14.6. The minimum absolute atomic E-state index is 0.0892. The van der Waals surface area contributed by atoms with Gasteiger partial charge in [-0.1, -0.05) is 32.1 Å². The topological polar surface area (TPSA) is 9.23 Å². The van der Waals surface area contributed by atoms with E-state index in [0.29, 0.717) is 31.0 Å². The Morgan fingerprint density at radius 2 is 0.971 bits per heavy atom. The quantitative estimate of drug-likeness (QED) is 0.0621. The van der Waals surface area contributed by atoms with E-state index in [9.17, 15) is 39.5 Å². The molecular weight excluding hydrogens is 625 g/mol. The van der Waals surface area contributed by atoms with Gasteiger partial charge >= 0.3 is 29.9 Å². The van der Waals surface area contributed by atoms with Gasteiger partial charge < -0.3 is 4.74 Å². The van der Waals surface area contributed by atoms with Crippen LogP contribution in [0, 0.1) is 0 Å². The van der Waals surface area contributed by atoms with Gasteiger partial charge in [-0.05, 0) is 31.0 Å². The molecule has 0 heterocycles. The molecule has 0 radical (unpaired) electrons. The summed E-state index contributed by atoms with van der Waals surface area (Å²) in [4.78, 5) is 0. The third-order valence-corrected chi connectivity index (χ3v) is 11.9. The molecule has 17 heteroatoms. The van der Waals surface area contributed by atoms with Crippen LogP contribution >= 0.6 is 55.4 Å². The first-order valence-electron chi connectivity index (χ1n) is 10.4. The molecule has 0 aliphatic heterocycles. The van der Waals surface area contributed by atoms with Crippen LogP contribution in [0.25, 0.3) is 0 Å². The molecular formula is C17H26Cl5F9OSi2. The summed E-state index contributed by atoms with van der Waals surface area (Å²) >= 11 is 30.2. The molecule has 206 valence electrons. The first-order chi connectivity index (χ1) is 15.2. The van der Waals surface area contributed by atoms with Crippen molar-refractivity contribution < 1.29 is 44.3 Å². The molecule has 1 nitrogen and oxygen atoms in total. The van der Waals surface area contributed by atoms with Crippen molar-refractivity contribution >= 4 is 68.1 Å². The summed E-state index contributed by atoms with van der Waals surface area (Å²) in [6, 6.07) is -0.774. The second-order valence-corrected chi connectivity index (χ2v) is 24.8. The van der Waals surface area contributed by atoms with Crippen molar-refractivity contribution in [2.24, 2.45) is 0 Å². The van der Waals surface area contributed by atoms with Gasteiger partial charge in [0.1, 0.15) is 0 Å². The van der Waals surface area contributed by atoms with Crippen LogP contribution in [0.1, 0.15) is 51.4 Å². The average molecular weight is 651 g/mol. The van der Waals surface area contributed by atoms with E-state index in [0.717, 1.165) is 25.7 Å². The zero-order chi connectivity index (χ0) is 26.9. The number of rotatable bonds is 18.